The van der Waals surface area contributed by atoms with E-state index in [2.05, 4.69) is 523 Å². The van der Waals surface area contributed by atoms with Crippen LogP contribution in [-0.4, -0.2) is 13.7 Å². The first-order valence-electron chi connectivity index (χ1n) is 49.3. The summed E-state index contributed by atoms with van der Waals surface area (Å²) in [6.07, 6.45) is 0. The van der Waals surface area contributed by atoms with Crippen LogP contribution in [-0.2, 0) is 0 Å². The van der Waals surface area contributed by atoms with Crippen LogP contribution in [0.1, 0.15) is 0 Å². The Bertz CT molecular complexity index is 9940. The average molecular weight is 1840 g/mol. The predicted octanol–water partition coefficient (Wildman–Crippen LogP) is 38.5. The highest BCUT2D eigenvalue weighted by Crippen LogP contribution is 2.51. The molecular formula is C138H87N3O3. The Kier molecular flexibility index (Phi) is 19.9. The van der Waals surface area contributed by atoms with Crippen molar-refractivity contribution in [1.29, 1.82) is 0 Å². The number of fused-ring (bicyclic) bond motifs is 29. The summed E-state index contributed by atoms with van der Waals surface area (Å²) < 4.78 is 27.3. The van der Waals surface area contributed by atoms with Crippen molar-refractivity contribution in [3.63, 3.8) is 0 Å². The van der Waals surface area contributed by atoms with Gasteiger partial charge in [0.25, 0.3) is 0 Å². The number of aromatic nitrogens is 3. The first kappa shape index (κ1) is 83.1. The number of nitrogens with zero attached hydrogens (tertiary/aromatic N) is 3. The van der Waals surface area contributed by atoms with Gasteiger partial charge in [-0.3, -0.25) is 0 Å². The van der Waals surface area contributed by atoms with E-state index in [9.17, 15) is 0 Å². The molecule has 0 unspecified atom stereocenters. The summed E-state index contributed by atoms with van der Waals surface area (Å²) in [5, 5.41) is 21.5. The maximum Gasteiger partial charge on any atom is 0.160 e. The van der Waals surface area contributed by atoms with E-state index < -0.39 is 0 Å². The fraction of sp³-hybridized carbons (Fsp3) is 0. The maximum absolute atomic E-state index is 6.75. The standard InChI is InChI=1S/3C46H29NO/c1-3-13-30(14-4-1)33-27-34(31-15-5-2-6-16-31)29-35(28-33)32-23-25-36(26-24-32)47-41-21-11-9-19-39(41)44-45(47)38-18-8-7-17-37(38)43-40-20-10-12-22-42(40)48-46(43)44;1-3-13-30(14-4-1)33-27-34(31-15-5-2-6-16-31)29-35(28-33)32-23-25-36(26-24-32)47-41-21-11-9-19-39(41)43-37-17-7-8-18-38(37)44-40-20-10-12-22-42(40)48-46(44)45(43)47;1-3-11-30(12-4-1)34-27-35(31-13-5-2-6-14-31)29-36(28-34)32-19-22-37(23-20-32)47-42-26-21-33-15-7-8-16-38(33)44(42)41-25-24-40-39-17-9-10-18-43(39)48-46(40)45(41)47/h3*1-29H. The van der Waals surface area contributed by atoms with Gasteiger partial charge in [-0.15, -0.1) is 0 Å². The van der Waals surface area contributed by atoms with Crippen molar-refractivity contribution in [1.82, 2.24) is 13.7 Å². The zero-order valence-corrected chi connectivity index (χ0v) is 78.3. The molecule has 30 aromatic rings. The summed E-state index contributed by atoms with van der Waals surface area (Å²) in [5.74, 6) is 0. The van der Waals surface area contributed by atoms with Crippen LogP contribution in [0.3, 0.4) is 0 Å². The third kappa shape index (κ3) is 14.0. The van der Waals surface area contributed by atoms with Gasteiger partial charge in [-0.25, -0.2) is 0 Å². The number of rotatable bonds is 12. The second-order valence-electron chi connectivity index (χ2n) is 37.5. The molecule has 6 nitrogen and oxygen atoms in total. The molecule has 6 heteroatoms. The molecule has 30 rings (SSSR count). The minimum Gasteiger partial charge on any atom is -0.455 e. The van der Waals surface area contributed by atoms with E-state index in [1.807, 2.05) is 18.2 Å². The molecular weight excluding hydrogens is 1750 g/mol. The minimum atomic E-state index is 0.907. The molecule has 0 fully saturated rings. The van der Waals surface area contributed by atoms with Gasteiger partial charge in [0.15, 0.2) is 11.2 Å². The highest BCUT2D eigenvalue weighted by Gasteiger charge is 2.28. The third-order valence-electron chi connectivity index (χ3n) is 29.3. The van der Waals surface area contributed by atoms with E-state index in [0.717, 1.165) is 99.6 Å². The van der Waals surface area contributed by atoms with Crippen molar-refractivity contribution in [2.24, 2.45) is 0 Å². The average Bonchev–Trinajstić information content (AvgIpc) is 1.55. The van der Waals surface area contributed by atoms with Crippen LogP contribution < -0.4 is 0 Å². The van der Waals surface area contributed by atoms with E-state index >= 15 is 0 Å². The Hall–Kier alpha value is -19.1. The van der Waals surface area contributed by atoms with Gasteiger partial charge < -0.3 is 27.0 Å². The molecule has 672 valence electrons. The number of furan rings is 3. The van der Waals surface area contributed by atoms with Crippen LogP contribution in [0.2, 0.25) is 0 Å². The largest absolute Gasteiger partial charge is 0.455 e. The zero-order valence-electron chi connectivity index (χ0n) is 78.3. The molecule has 0 spiro atoms. The first-order valence-corrected chi connectivity index (χ1v) is 49.3. The van der Waals surface area contributed by atoms with Crippen molar-refractivity contribution >= 4 is 164 Å². The molecule has 0 amide bonds. The van der Waals surface area contributed by atoms with Gasteiger partial charge in [0.1, 0.15) is 22.3 Å². The van der Waals surface area contributed by atoms with E-state index in [-0.39, 0.29) is 0 Å². The van der Waals surface area contributed by atoms with Gasteiger partial charge in [0.2, 0.25) is 0 Å². The van der Waals surface area contributed by atoms with Crippen molar-refractivity contribution in [2.75, 3.05) is 0 Å². The van der Waals surface area contributed by atoms with Crippen molar-refractivity contribution in [3.8, 4) is 117 Å². The molecule has 24 aromatic carbocycles. The van der Waals surface area contributed by atoms with E-state index in [0.29, 0.717) is 0 Å². The SMILES string of the molecule is c1ccc(-c2cc(-c3ccccc3)cc(-c3ccc(-n4c5ccc6ccccc6c5c5ccc6c7ccccc7oc6c54)cc3)c2)cc1.c1ccc(-c2cc(-c3ccccc3)cc(-c3ccc(-n4c5ccccc5c5c6ccccc6c6c7ccccc7oc6c54)cc3)c2)cc1.c1ccc(-c2cc(-c3ccccc3)cc(-c3ccc(-n4c5ccccc5c5c6oc7ccccc7c6c6ccccc6c54)cc3)c2)cc1. The second-order valence-corrected chi connectivity index (χ2v) is 37.5. The lowest BCUT2D eigenvalue weighted by Crippen LogP contribution is -1.95. The summed E-state index contributed by atoms with van der Waals surface area (Å²) in [5.41, 5.74) is 37.3. The van der Waals surface area contributed by atoms with Gasteiger partial charge >= 0.3 is 0 Å². The Morgan fingerprint density at radius 3 is 0.819 bits per heavy atom. The lowest BCUT2D eigenvalue weighted by atomic mass is 9.93. The van der Waals surface area contributed by atoms with Gasteiger partial charge in [-0.1, -0.05) is 394 Å². The summed E-state index contributed by atoms with van der Waals surface area (Å²) >= 11 is 0. The van der Waals surface area contributed by atoms with Crippen LogP contribution in [0.25, 0.3) is 281 Å². The maximum atomic E-state index is 6.75. The van der Waals surface area contributed by atoms with Gasteiger partial charge in [-0.2, -0.15) is 0 Å². The molecule has 144 heavy (non-hydrogen) atoms. The van der Waals surface area contributed by atoms with Crippen LogP contribution in [0.15, 0.2) is 541 Å². The molecule has 0 bridgehead atoms. The lowest BCUT2D eigenvalue weighted by Gasteiger charge is -2.13. The molecule has 0 aliphatic carbocycles. The van der Waals surface area contributed by atoms with E-state index in [1.165, 1.54) is 181 Å². The van der Waals surface area contributed by atoms with Gasteiger partial charge in [0, 0.05) is 81.7 Å². The number of benzene rings is 24. The predicted molar refractivity (Wildman–Crippen MR) is 606 cm³/mol. The Balaban J connectivity index is 0.000000105. The molecule has 0 saturated heterocycles. The summed E-state index contributed by atoms with van der Waals surface area (Å²) in [6.45, 7) is 0. The van der Waals surface area contributed by atoms with Gasteiger partial charge in [0.05, 0.1) is 38.5 Å². The molecule has 0 N–H and O–H groups in total. The topological polar surface area (TPSA) is 54.2 Å². The number of hydrogen-bond donors (Lipinski definition) is 0. The molecule has 0 aliphatic heterocycles. The van der Waals surface area contributed by atoms with Gasteiger partial charge in [-0.05, 0) is 261 Å². The van der Waals surface area contributed by atoms with Crippen molar-refractivity contribution in [2.45, 2.75) is 0 Å². The second kappa shape index (κ2) is 34.5. The lowest BCUT2D eigenvalue weighted by molar-refractivity contribution is 0.671. The Morgan fingerprint density at radius 1 is 0.125 bits per heavy atom. The molecule has 0 atom stereocenters. The molecule has 0 saturated carbocycles. The summed E-state index contributed by atoms with van der Waals surface area (Å²) in [4.78, 5) is 0. The van der Waals surface area contributed by atoms with Crippen LogP contribution in [0.5, 0.6) is 0 Å². The third-order valence-corrected chi connectivity index (χ3v) is 29.3. The Morgan fingerprint density at radius 2 is 0.403 bits per heavy atom. The normalized spacial score (nSPS) is 11.8. The number of para-hydroxylation sites is 5. The molecule has 6 heterocycles. The summed E-state index contributed by atoms with van der Waals surface area (Å²) in [7, 11) is 0. The minimum absolute atomic E-state index is 0.907. The molecule has 0 radical (unpaired) electrons. The monoisotopic (exact) mass is 1830 g/mol. The quantitative estimate of drug-likeness (QED) is 0.122. The van der Waals surface area contributed by atoms with Crippen molar-refractivity contribution in [3.05, 3.63) is 528 Å². The van der Waals surface area contributed by atoms with E-state index in [4.69, 9.17) is 13.3 Å². The molecule has 0 aliphatic rings. The first-order chi connectivity index (χ1) is 71.4. The van der Waals surface area contributed by atoms with E-state index in [1.54, 1.807) is 0 Å². The fourth-order valence-corrected chi connectivity index (χ4v) is 22.7. The Labute approximate surface area is 829 Å². The fourth-order valence-electron chi connectivity index (χ4n) is 22.7. The van der Waals surface area contributed by atoms with Crippen LogP contribution >= 0.6 is 0 Å². The molecule has 6 aromatic heterocycles. The highest BCUT2D eigenvalue weighted by atomic mass is 16.3. The smallest absolute Gasteiger partial charge is 0.160 e. The van der Waals surface area contributed by atoms with Crippen LogP contribution in [0, 0.1) is 0 Å². The zero-order chi connectivity index (χ0) is 94.8. The van der Waals surface area contributed by atoms with Crippen molar-refractivity contribution < 1.29 is 13.3 Å². The van der Waals surface area contributed by atoms with Crippen LogP contribution in [0.4, 0.5) is 0 Å². The summed E-state index contributed by atoms with van der Waals surface area (Å²) in [6, 6.07) is 189. The number of hydrogen-bond acceptors (Lipinski definition) is 3. The highest BCUT2D eigenvalue weighted by molar-refractivity contribution is 6.37.